The molecule has 4 aromatic carbocycles. The largest absolute Gasteiger partial charge is 0.497 e. The number of amides is 2. The predicted octanol–water partition coefficient (Wildman–Crippen LogP) is 7.98. The maximum Gasteiger partial charge on any atom is 0.240 e. The Morgan fingerprint density at radius 3 is 1.72 bits per heavy atom. The van der Waals surface area contributed by atoms with Gasteiger partial charge < -0.3 is 25.8 Å². The number of carbonyl (C=O) groups is 3. The molecule has 4 aromatic rings. The molecule has 13 heteroatoms. The van der Waals surface area contributed by atoms with Crippen LogP contribution in [0.25, 0.3) is 0 Å². The number of ketones is 1. The molecule has 288 valence electrons. The van der Waals surface area contributed by atoms with Crippen LogP contribution in [0.15, 0.2) is 111 Å². The number of halogens is 3. The van der Waals surface area contributed by atoms with Gasteiger partial charge >= 0.3 is 0 Å². The number of ether oxygens (including phenoxy) is 2. The van der Waals surface area contributed by atoms with Crippen molar-refractivity contribution in [3.63, 3.8) is 0 Å². The molecule has 6 rings (SSSR count). The average molecular weight is 887 g/mol. The van der Waals surface area contributed by atoms with Crippen molar-refractivity contribution in [1.82, 2.24) is 10.6 Å². The highest BCUT2D eigenvalue weighted by Gasteiger charge is 2.32. The van der Waals surface area contributed by atoms with Crippen LogP contribution in [-0.2, 0) is 25.6 Å². The minimum atomic E-state index is -0.00825. The van der Waals surface area contributed by atoms with E-state index in [4.69, 9.17) is 15.2 Å². The molecule has 10 nitrogen and oxygen atoms in total. The summed E-state index contributed by atoms with van der Waals surface area (Å²) in [6, 6.07) is 30.5. The van der Waals surface area contributed by atoms with Crippen LogP contribution >= 0.6 is 44.3 Å². The molecular formula is C41H47Br2ClN4O6. The maximum atomic E-state index is 12.6. The molecule has 2 aliphatic rings. The van der Waals surface area contributed by atoms with E-state index in [2.05, 4.69) is 47.5 Å². The summed E-state index contributed by atoms with van der Waals surface area (Å²) in [6.45, 7) is 1.09. The molecule has 2 heterocycles. The minimum absolute atomic E-state index is 0. The van der Waals surface area contributed by atoms with Crippen LogP contribution in [0.5, 0.6) is 11.5 Å². The van der Waals surface area contributed by atoms with E-state index in [1.165, 1.54) is 6.08 Å². The third kappa shape index (κ3) is 14.5. The van der Waals surface area contributed by atoms with Gasteiger partial charge in [-0.3, -0.25) is 14.4 Å². The number of nitrogens with zero attached hydrogens (tertiary/aromatic N) is 1. The molecule has 4 N–H and O–H groups in total. The summed E-state index contributed by atoms with van der Waals surface area (Å²) in [5.74, 6) is 2.21. The zero-order chi connectivity index (χ0) is 37.5. The Labute approximate surface area is 340 Å². The van der Waals surface area contributed by atoms with Gasteiger partial charge in [0.05, 0.1) is 19.9 Å². The Hall–Kier alpha value is -4.32. The molecule has 54 heavy (non-hydrogen) atoms. The number of methoxy groups -OCH3 is 2. The summed E-state index contributed by atoms with van der Waals surface area (Å²) >= 11 is 6.66. The molecule has 0 aromatic heterocycles. The van der Waals surface area contributed by atoms with Gasteiger partial charge in [-0.1, -0.05) is 75.7 Å². The van der Waals surface area contributed by atoms with Crippen molar-refractivity contribution in [2.75, 3.05) is 27.3 Å². The summed E-state index contributed by atoms with van der Waals surface area (Å²) in [7, 11) is 3.27. The lowest BCUT2D eigenvalue weighted by Gasteiger charge is -2.31. The fourth-order valence-electron chi connectivity index (χ4n) is 6.06. The second kappa shape index (κ2) is 23.5. The van der Waals surface area contributed by atoms with Crippen molar-refractivity contribution in [2.45, 2.75) is 51.0 Å². The highest BCUT2D eigenvalue weighted by Crippen LogP contribution is 2.34. The number of hydrogen-bond donors (Lipinski definition) is 3. The van der Waals surface area contributed by atoms with Gasteiger partial charge in [-0.05, 0) is 89.2 Å². The zero-order valence-corrected chi connectivity index (χ0v) is 33.4. The molecule has 2 unspecified atom stereocenters. The van der Waals surface area contributed by atoms with E-state index in [-0.39, 0.29) is 61.2 Å². The number of isocyanates is 1. The van der Waals surface area contributed by atoms with Gasteiger partial charge in [-0.25, -0.2) is 4.79 Å². The number of nitrogens with one attached hydrogen (secondary N) is 2. The fraction of sp³-hybridized carbons (Fsp3) is 0.317. The molecule has 2 amide bonds. The smallest absolute Gasteiger partial charge is 0.240 e. The van der Waals surface area contributed by atoms with Crippen LogP contribution in [0.1, 0.15) is 55.2 Å². The van der Waals surface area contributed by atoms with Gasteiger partial charge in [0.25, 0.3) is 0 Å². The van der Waals surface area contributed by atoms with Gasteiger partial charge in [0.2, 0.25) is 17.9 Å². The summed E-state index contributed by atoms with van der Waals surface area (Å²) in [5, 5.41) is 5.67. The molecule has 0 saturated carbocycles. The number of rotatable bonds is 9. The predicted molar refractivity (Wildman–Crippen MR) is 222 cm³/mol. The number of aliphatic imine (C=N–C) groups is 1. The highest BCUT2D eigenvalue weighted by molar-refractivity contribution is 9.10. The molecule has 0 bridgehead atoms. The van der Waals surface area contributed by atoms with Crippen LogP contribution in [0, 0.1) is 5.92 Å². The van der Waals surface area contributed by atoms with Gasteiger partial charge in [0, 0.05) is 59.7 Å². The molecule has 0 spiro atoms. The van der Waals surface area contributed by atoms with E-state index >= 15 is 0 Å². The maximum absolute atomic E-state index is 12.6. The molecule has 2 saturated heterocycles. The lowest BCUT2D eigenvalue weighted by atomic mass is 9.78. The number of hydrogen-bond acceptors (Lipinski definition) is 8. The van der Waals surface area contributed by atoms with E-state index in [0.29, 0.717) is 44.5 Å². The van der Waals surface area contributed by atoms with E-state index in [9.17, 15) is 19.2 Å². The molecule has 2 fully saturated rings. The monoisotopic (exact) mass is 884 g/mol. The first kappa shape index (κ1) is 45.8. The Morgan fingerprint density at radius 1 is 0.759 bits per heavy atom. The molecular weight excluding hydrogens is 840 g/mol. The van der Waals surface area contributed by atoms with Crippen LogP contribution in [-0.4, -0.2) is 57.0 Å². The third-order valence-electron chi connectivity index (χ3n) is 8.89. The van der Waals surface area contributed by atoms with Gasteiger partial charge in [-0.15, -0.1) is 12.4 Å². The van der Waals surface area contributed by atoms with Gasteiger partial charge in [0.1, 0.15) is 17.3 Å². The minimum Gasteiger partial charge on any atom is -0.497 e. The third-order valence-corrected chi connectivity index (χ3v) is 9.94. The SMILES string of the molecule is C.COc1ccc(C2CC(=O)NC[C@H]2CC(=O)Cc2ccc(Br)cc2)cc1.COc1ccc(C2CC(=O)NC[C@H]2N)cc1.Cl.O=C=Nc1ccc(Br)cc1. The van der Waals surface area contributed by atoms with Gasteiger partial charge in [0.15, 0.2) is 0 Å². The summed E-state index contributed by atoms with van der Waals surface area (Å²) in [4.78, 5) is 49.0. The number of nitrogens with two attached hydrogens (primary N) is 1. The standard InChI is InChI=1S/C21H22BrNO3.C12H16N2O2.C7H4BrNO.CH4.ClH/c1-26-19-8-4-15(5-9-19)20-12-21(25)23-13-16(20)11-18(24)10-14-2-6-17(22)7-3-14;1-16-9-4-2-8(3-5-9)10-6-12(15)14-7-11(10)13;8-6-1-3-7(4-2-6)9-5-10;;/h2-9,16,20H,10-13H2,1H3,(H,23,25);2-5,10-11H,6-7,13H2,1H3,(H,14,15);1-4H;1H4;1H/t16-,20?;10?,11-;;;/m11.../s1. The van der Waals surface area contributed by atoms with Crippen molar-refractivity contribution < 1.29 is 28.7 Å². The van der Waals surface area contributed by atoms with Crippen molar-refractivity contribution in [1.29, 1.82) is 0 Å². The summed E-state index contributed by atoms with van der Waals surface area (Å²) < 4.78 is 12.3. The van der Waals surface area contributed by atoms with Gasteiger partial charge in [-0.2, -0.15) is 4.99 Å². The first-order valence-corrected chi connectivity index (χ1v) is 18.3. The van der Waals surface area contributed by atoms with Crippen molar-refractivity contribution in [2.24, 2.45) is 16.6 Å². The van der Waals surface area contributed by atoms with Crippen LogP contribution in [0.4, 0.5) is 5.69 Å². The molecule has 0 aliphatic carbocycles. The Kier molecular flexibility index (Phi) is 19.9. The number of Topliss-reactive ketones (excluding diaryl/α,β-unsaturated/α-hetero) is 1. The topological polar surface area (TPSA) is 149 Å². The Bertz CT molecular complexity index is 1820. The average Bonchev–Trinajstić information content (AvgIpc) is 3.16. The second-order valence-corrected chi connectivity index (χ2v) is 14.3. The zero-order valence-electron chi connectivity index (χ0n) is 29.4. The lowest BCUT2D eigenvalue weighted by Crippen LogP contribution is -2.47. The normalized spacial score (nSPS) is 18.5. The molecule has 4 atom stereocenters. The molecule has 0 radical (unpaired) electrons. The second-order valence-electron chi connectivity index (χ2n) is 12.4. The first-order valence-electron chi connectivity index (χ1n) is 16.7. The number of benzene rings is 4. The quantitative estimate of drug-likeness (QED) is 0.114. The van der Waals surface area contributed by atoms with Crippen LogP contribution in [0.3, 0.4) is 0 Å². The van der Waals surface area contributed by atoms with E-state index in [1.807, 2.05) is 84.9 Å². The van der Waals surface area contributed by atoms with Crippen molar-refractivity contribution >= 4 is 73.6 Å². The van der Waals surface area contributed by atoms with Crippen LogP contribution in [0.2, 0.25) is 0 Å². The lowest BCUT2D eigenvalue weighted by molar-refractivity contribution is -0.125. The Morgan fingerprint density at radius 2 is 1.22 bits per heavy atom. The Balaban J connectivity index is 0.000000307. The van der Waals surface area contributed by atoms with Crippen molar-refractivity contribution in [3.8, 4) is 11.5 Å². The number of carbonyl (C=O) groups excluding carboxylic acids is 4. The first-order chi connectivity index (χ1) is 25.1. The van der Waals surface area contributed by atoms with E-state index < -0.39 is 0 Å². The van der Waals surface area contributed by atoms with Crippen molar-refractivity contribution in [3.05, 3.63) is 123 Å². The van der Waals surface area contributed by atoms with Crippen LogP contribution < -0.4 is 25.8 Å². The summed E-state index contributed by atoms with van der Waals surface area (Å²) in [5.41, 5.74) is 9.82. The van der Waals surface area contributed by atoms with E-state index in [0.717, 1.165) is 37.1 Å². The molecule has 2 aliphatic heterocycles. The van der Waals surface area contributed by atoms with E-state index in [1.54, 1.807) is 26.4 Å². The number of piperidine rings is 2. The fourth-order valence-corrected chi connectivity index (χ4v) is 6.59. The highest BCUT2D eigenvalue weighted by atomic mass is 79.9. The summed E-state index contributed by atoms with van der Waals surface area (Å²) in [6.07, 6.45) is 3.24.